The molecule has 0 saturated heterocycles. The fourth-order valence-electron chi connectivity index (χ4n) is 3.05. The van der Waals surface area contributed by atoms with Crippen LogP contribution < -0.4 is 14.4 Å². The molecule has 0 spiro atoms. The highest BCUT2D eigenvalue weighted by atomic mass is 32.2. The van der Waals surface area contributed by atoms with Crippen LogP contribution in [0.15, 0.2) is 47.4 Å². The van der Waals surface area contributed by atoms with Crippen LogP contribution in [0.2, 0.25) is 0 Å². The molecule has 0 aromatic heterocycles. The van der Waals surface area contributed by atoms with Crippen molar-refractivity contribution in [1.29, 1.82) is 0 Å². The second-order valence-electron chi connectivity index (χ2n) is 5.62. The van der Waals surface area contributed by atoms with Gasteiger partial charge in [-0.25, -0.2) is 4.79 Å². The summed E-state index contributed by atoms with van der Waals surface area (Å²) < 4.78 is 15.6. The largest absolute Gasteiger partial charge is 0.466 e. The van der Waals surface area contributed by atoms with Crippen LogP contribution >= 0.6 is 11.8 Å². The van der Waals surface area contributed by atoms with E-state index in [4.69, 9.17) is 14.2 Å². The molecule has 0 N–H and O–H groups in total. The summed E-state index contributed by atoms with van der Waals surface area (Å²) in [4.78, 5) is 27.6. The van der Waals surface area contributed by atoms with Crippen LogP contribution in [0.5, 0.6) is 11.5 Å². The van der Waals surface area contributed by atoms with Crippen molar-refractivity contribution in [3.8, 4) is 11.5 Å². The predicted molar refractivity (Wildman–Crippen MR) is 97.6 cm³/mol. The van der Waals surface area contributed by atoms with Gasteiger partial charge >= 0.3 is 5.97 Å². The van der Waals surface area contributed by atoms with Crippen molar-refractivity contribution in [2.24, 2.45) is 0 Å². The lowest BCUT2D eigenvalue weighted by Gasteiger charge is -2.21. The average molecular weight is 369 g/mol. The van der Waals surface area contributed by atoms with Crippen LogP contribution in [0.4, 0.5) is 5.69 Å². The molecule has 2 aliphatic rings. The van der Waals surface area contributed by atoms with E-state index in [0.717, 1.165) is 4.90 Å². The SMILES string of the molecule is COC(=O)/C=C1\c2cc3c(cc2C(=O)N1c1ccccc1SC)OCO3. The number of thioether (sulfide) groups is 1. The smallest absolute Gasteiger partial charge is 0.332 e. The number of amides is 1. The van der Waals surface area contributed by atoms with Gasteiger partial charge < -0.3 is 14.2 Å². The van der Waals surface area contributed by atoms with Crippen LogP contribution in [-0.2, 0) is 9.53 Å². The van der Waals surface area contributed by atoms with Gasteiger partial charge in [0, 0.05) is 16.5 Å². The van der Waals surface area contributed by atoms with Gasteiger partial charge in [0.25, 0.3) is 5.91 Å². The molecule has 0 radical (unpaired) electrons. The van der Waals surface area contributed by atoms with E-state index in [0.29, 0.717) is 34.0 Å². The van der Waals surface area contributed by atoms with Gasteiger partial charge in [-0.1, -0.05) is 12.1 Å². The number of hydrogen-bond acceptors (Lipinski definition) is 6. The Labute approximate surface area is 154 Å². The fourth-order valence-corrected chi connectivity index (χ4v) is 3.63. The Bertz CT molecular complexity index is 953. The highest BCUT2D eigenvalue weighted by Crippen LogP contribution is 2.45. The molecular formula is C19H15NO5S. The Kier molecular flexibility index (Phi) is 4.08. The van der Waals surface area contributed by atoms with Crippen LogP contribution in [0, 0.1) is 0 Å². The number of methoxy groups -OCH3 is 1. The Morgan fingerprint density at radius 2 is 1.88 bits per heavy atom. The van der Waals surface area contributed by atoms with Crippen LogP contribution in [-0.4, -0.2) is 32.0 Å². The molecule has 132 valence electrons. The third kappa shape index (κ3) is 2.52. The number of rotatable bonds is 3. The first-order valence-corrected chi connectivity index (χ1v) is 9.07. The zero-order chi connectivity index (χ0) is 18.3. The minimum absolute atomic E-state index is 0.113. The van der Waals surface area contributed by atoms with E-state index in [9.17, 15) is 9.59 Å². The molecule has 0 atom stereocenters. The minimum atomic E-state index is -0.537. The number of nitrogens with zero attached hydrogens (tertiary/aromatic N) is 1. The fraction of sp³-hybridized carbons (Fsp3) is 0.158. The number of fused-ring (bicyclic) bond motifs is 2. The number of carbonyl (C=O) groups excluding carboxylic acids is 2. The van der Waals surface area contributed by atoms with Gasteiger partial charge in [0.2, 0.25) is 6.79 Å². The standard InChI is InChI=1S/C19H15NO5S/c1-23-18(21)9-14-11-7-15-16(25-10-24-15)8-12(11)19(22)20(14)13-5-3-4-6-17(13)26-2/h3-9H,10H2,1-2H3/b14-9+. The zero-order valence-corrected chi connectivity index (χ0v) is 15.0. The molecule has 2 aromatic rings. The van der Waals surface area contributed by atoms with E-state index in [2.05, 4.69) is 0 Å². The quantitative estimate of drug-likeness (QED) is 0.470. The summed E-state index contributed by atoms with van der Waals surface area (Å²) in [6.45, 7) is 0.113. The molecule has 2 aromatic carbocycles. The van der Waals surface area contributed by atoms with Gasteiger partial charge in [0.05, 0.1) is 24.1 Å². The highest BCUT2D eigenvalue weighted by Gasteiger charge is 2.37. The topological polar surface area (TPSA) is 65.1 Å². The van der Waals surface area contributed by atoms with Gasteiger partial charge in [-0.2, -0.15) is 0 Å². The van der Waals surface area contributed by atoms with Crippen LogP contribution in [0.3, 0.4) is 0 Å². The lowest BCUT2D eigenvalue weighted by atomic mass is 10.1. The zero-order valence-electron chi connectivity index (χ0n) is 14.1. The first-order chi connectivity index (χ1) is 12.6. The molecular weight excluding hydrogens is 354 g/mol. The van der Waals surface area contributed by atoms with Crippen molar-refractivity contribution in [3.63, 3.8) is 0 Å². The third-order valence-electron chi connectivity index (χ3n) is 4.24. The Balaban J connectivity index is 1.92. The average Bonchev–Trinajstić information content (AvgIpc) is 3.23. The Morgan fingerprint density at radius 3 is 2.58 bits per heavy atom. The summed E-state index contributed by atoms with van der Waals surface area (Å²) in [5, 5.41) is 0. The predicted octanol–water partition coefficient (Wildman–Crippen LogP) is 3.31. The Hall–Kier alpha value is -2.93. The summed E-state index contributed by atoms with van der Waals surface area (Å²) in [5.74, 6) is 0.307. The Morgan fingerprint density at radius 1 is 1.19 bits per heavy atom. The molecule has 7 heteroatoms. The molecule has 1 amide bonds. The molecule has 0 unspecified atom stereocenters. The van der Waals surface area contributed by atoms with E-state index in [1.165, 1.54) is 29.8 Å². The second kappa shape index (κ2) is 6.42. The second-order valence-corrected chi connectivity index (χ2v) is 6.46. The van der Waals surface area contributed by atoms with Crippen molar-refractivity contribution in [3.05, 3.63) is 53.6 Å². The van der Waals surface area contributed by atoms with Crippen molar-refractivity contribution >= 4 is 35.0 Å². The molecule has 0 aliphatic carbocycles. The van der Waals surface area contributed by atoms with Gasteiger partial charge in [-0.05, 0) is 30.5 Å². The molecule has 0 fully saturated rings. The van der Waals surface area contributed by atoms with Crippen molar-refractivity contribution < 1.29 is 23.8 Å². The molecule has 0 bridgehead atoms. The minimum Gasteiger partial charge on any atom is -0.466 e. The first-order valence-electron chi connectivity index (χ1n) is 7.85. The van der Waals surface area contributed by atoms with Crippen molar-refractivity contribution in [1.82, 2.24) is 0 Å². The molecule has 6 nitrogen and oxygen atoms in total. The summed E-state index contributed by atoms with van der Waals surface area (Å²) in [7, 11) is 1.30. The first kappa shape index (κ1) is 16.5. The molecule has 2 heterocycles. The maximum atomic E-state index is 13.2. The van der Waals surface area contributed by atoms with Gasteiger partial charge in [-0.15, -0.1) is 11.8 Å². The highest BCUT2D eigenvalue weighted by molar-refractivity contribution is 7.98. The molecule has 0 saturated carbocycles. The summed E-state index contributed by atoms with van der Waals surface area (Å²) >= 11 is 1.53. The van der Waals surface area contributed by atoms with E-state index < -0.39 is 5.97 Å². The van der Waals surface area contributed by atoms with E-state index in [1.807, 2.05) is 30.5 Å². The van der Waals surface area contributed by atoms with Crippen molar-refractivity contribution in [2.45, 2.75) is 4.90 Å². The number of carbonyl (C=O) groups is 2. The number of anilines is 1. The van der Waals surface area contributed by atoms with Gasteiger partial charge in [0.1, 0.15) is 0 Å². The molecule has 4 rings (SSSR count). The van der Waals surface area contributed by atoms with E-state index >= 15 is 0 Å². The third-order valence-corrected chi connectivity index (χ3v) is 5.03. The van der Waals surface area contributed by atoms with Crippen molar-refractivity contribution in [2.75, 3.05) is 25.1 Å². The van der Waals surface area contributed by atoms with E-state index in [-0.39, 0.29) is 12.7 Å². The number of ether oxygens (including phenoxy) is 3. The monoisotopic (exact) mass is 369 g/mol. The number of esters is 1. The lowest BCUT2D eigenvalue weighted by molar-refractivity contribution is -0.134. The maximum absolute atomic E-state index is 13.2. The number of hydrogen-bond donors (Lipinski definition) is 0. The molecule has 26 heavy (non-hydrogen) atoms. The lowest BCUT2D eigenvalue weighted by Crippen LogP contribution is -2.23. The normalized spacial score (nSPS) is 16.2. The van der Waals surface area contributed by atoms with Crippen LogP contribution in [0.25, 0.3) is 5.70 Å². The number of para-hydroxylation sites is 1. The summed E-state index contributed by atoms with van der Waals surface area (Å²) in [6, 6.07) is 10.9. The van der Waals surface area contributed by atoms with Gasteiger partial charge in [-0.3, -0.25) is 9.69 Å². The van der Waals surface area contributed by atoms with Crippen LogP contribution in [0.1, 0.15) is 15.9 Å². The van der Waals surface area contributed by atoms with E-state index in [1.54, 1.807) is 12.1 Å². The molecule has 2 aliphatic heterocycles. The summed E-state index contributed by atoms with van der Waals surface area (Å²) in [6.07, 6.45) is 3.26. The maximum Gasteiger partial charge on any atom is 0.332 e. The number of benzene rings is 2. The van der Waals surface area contributed by atoms with Gasteiger partial charge in [0.15, 0.2) is 11.5 Å². The summed E-state index contributed by atoms with van der Waals surface area (Å²) in [5.41, 5.74) is 2.23.